The van der Waals surface area contributed by atoms with E-state index in [1.807, 2.05) is 37.3 Å². The fraction of sp³-hybridized carbons (Fsp3) is 0.190. The minimum absolute atomic E-state index is 0.115. The lowest BCUT2D eigenvalue weighted by atomic mass is 10.2. The second-order valence-electron chi connectivity index (χ2n) is 6.17. The van der Waals surface area contributed by atoms with E-state index in [4.69, 9.17) is 26.8 Å². The van der Waals surface area contributed by atoms with E-state index in [1.54, 1.807) is 17.5 Å². The average Bonchev–Trinajstić information content (AvgIpc) is 3.13. The first kappa shape index (κ1) is 21.6. The van der Waals surface area contributed by atoms with Gasteiger partial charge in [-0.1, -0.05) is 29.8 Å². The molecule has 0 aliphatic rings. The number of carbonyl (C=O) groups excluding carboxylic acids is 1. The molecule has 0 saturated carbocycles. The quantitative estimate of drug-likeness (QED) is 0.383. The number of benzene rings is 2. The van der Waals surface area contributed by atoms with Crippen molar-refractivity contribution < 1.29 is 14.3 Å². The maximum atomic E-state index is 11.9. The first-order chi connectivity index (χ1) is 14.5. The Balaban J connectivity index is 1.61. The van der Waals surface area contributed by atoms with Gasteiger partial charge in [-0.25, -0.2) is 10.4 Å². The number of thiazole rings is 1. The van der Waals surface area contributed by atoms with E-state index in [0.29, 0.717) is 40.6 Å². The molecule has 2 aromatic carbocycles. The number of halogens is 1. The molecular formula is C21H21ClN4O3S. The van der Waals surface area contributed by atoms with Crippen molar-refractivity contribution in [3.63, 3.8) is 0 Å². The number of aromatic nitrogens is 1. The van der Waals surface area contributed by atoms with Crippen LogP contribution in [0.2, 0.25) is 5.02 Å². The number of ether oxygens (including phenoxy) is 2. The molecule has 0 aliphatic heterocycles. The molecule has 30 heavy (non-hydrogen) atoms. The number of hydrogen-bond acceptors (Lipinski definition) is 7. The van der Waals surface area contributed by atoms with E-state index in [-0.39, 0.29) is 12.3 Å². The number of nitrogens with two attached hydrogens (primary N) is 1. The monoisotopic (exact) mass is 444 g/mol. The molecule has 0 atom stereocenters. The summed E-state index contributed by atoms with van der Waals surface area (Å²) in [6.07, 6.45) is 1.65. The van der Waals surface area contributed by atoms with Gasteiger partial charge in [-0.05, 0) is 36.8 Å². The van der Waals surface area contributed by atoms with Crippen LogP contribution in [0.5, 0.6) is 11.5 Å². The maximum Gasteiger partial charge on any atom is 0.246 e. The molecule has 3 N–H and O–H groups in total. The highest BCUT2D eigenvalue weighted by molar-refractivity contribution is 7.13. The molecule has 1 heterocycles. The number of anilines is 1. The second-order valence-corrected chi connectivity index (χ2v) is 7.46. The van der Waals surface area contributed by atoms with Gasteiger partial charge in [0, 0.05) is 16.0 Å². The topological polar surface area (TPSA) is 98.8 Å². The highest BCUT2D eigenvalue weighted by Gasteiger charge is 2.09. The molecule has 1 aromatic heterocycles. The molecule has 0 saturated heterocycles. The molecule has 156 valence electrons. The van der Waals surface area contributed by atoms with Gasteiger partial charge in [0.2, 0.25) is 5.91 Å². The van der Waals surface area contributed by atoms with Gasteiger partial charge < -0.3 is 15.2 Å². The van der Waals surface area contributed by atoms with Gasteiger partial charge >= 0.3 is 0 Å². The van der Waals surface area contributed by atoms with Crippen LogP contribution in [-0.2, 0) is 17.8 Å². The summed E-state index contributed by atoms with van der Waals surface area (Å²) in [6, 6.07) is 12.9. The highest BCUT2D eigenvalue weighted by atomic mass is 35.5. The normalized spacial score (nSPS) is 10.9. The van der Waals surface area contributed by atoms with E-state index in [1.165, 1.54) is 17.6 Å². The smallest absolute Gasteiger partial charge is 0.246 e. The Hall–Kier alpha value is -3.10. The number of hydrazone groups is 1. The summed E-state index contributed by atoms with van der Waals surface area (Å²) in [5.41, 5.74) is 10.3. The third-order valence-electron chi connectivity index (χ3n) is 3.92. The third kappa shape index (κ3) is 6.20. The SMILES string of the molecule is CCOc1cc(/C=N/NC(=O)Cc2csc(N)n2)ccc1OCc1ccccc1Cl. The number of carbonyl (C=O) groups is 1. The van der Waals surface area contributed by atoms with Crippen molar-refractivity contribution in [2.45, 2.75) is 20.0 Å². The van der Waals surface area contributed by atoms with Crippen LogP contribution in [0.4, 0.5) is 5.13 Å². The van der Waals surface area contributed by atoms with Gasteiger partial charge in [0.05, 0.1) is 24.9 Å². The van der Waals surface area contributed by atoms with Crippen LogP contribution >= 0.6 is 22.9 Å². The van der Waals surface area contributed by atoms with Gasteiger partial charge in [0.25, 0.3) is 0 Å². The summed E-state index contributed by atoms with van der Waals surface area (Å²) in [7, 11) is 0. The van der Waals surface area contributed by atoms with Crippen LogP contribution in [0, 0.1) is 0 Å². The second kappa shape index (κ2) is 10.6. The molecule has 0 spiro atoms. The molecule has 0 radical (unpaired) electrons. The summed E-state index contributed by atoms with van der Waals surface area (Å²) in [5.74, 6) is 0.901. The van der Waals surface area contributed by atoms with Gasteiger partial charge in [0.15, 0.2) is 16.6 Å². The Morgan fingerprint density at radius 2 is 2.10 bits per heavy atom. The summed E-state index contributed by atoms with van der Waals surface area (Å²) in [4.78, 5) is 16.0. The van der Waals surface area contributed by atoms with Crippen LogP contribution in [0.15, 0.2) is 52.9 Å². The minimum atomic E-state index is -0.277. The van der Waals surface area contributed by atoms with Gasteiger partial charge in [0.1, 0.15) is 6.61 Å². The first-order valence-corrected chi connectivity index (χ1v) is 10.5. The van der Waals surface area contributed by atoms with E-state index >= 15 is 0 Å². The van der Waals surface area contributed by atoms with Crippen molar-refractivity contribution in [3.8, 4) is 11.5 Å². The predicted octanol–water partition coefficient (Wildman–Crippen LogP) is 4.05. The first-order valence-electron chi connectivity index (χ1n) is 9.20. The fourth-order valence-corrected chi connectivity index (χ4v) is 3.30. The summed E-state index contributed by atoms with van der Waals surface area (Å²) < 4.78 is 11.6. The molecule has 0 aliphatic carbocycles. The van der Waals surface area contributed by atoms with Crippen molar-refractivity contribution in [2.24, 2.45) is 5.10 Å². The molecule has 3 rings (SSSR count). The predicted molar refractivity (Wildman–Crippen MR) is 119 cm³/mol. The van der Waals surface area contributed by atoms with Crippen LogP contribution in [-0.4, -0.2) is 23.7 Å². The van der Waals surface area contributed by atoms with Crippen molar-refractivity contribution >= 4 is 40.2 Å². The molecule has 1 amide bonds. The van der Waals surface area contributed by atoms with Gasteiger partial charge in [-0.3, -0.25) is 4.79 Å². The van der Waals surface area contributed by atoms with E-state index in [9.17, 15) is 4.79 Å². The number of nitrogens with one attached hydrogen (secondary N) is 1. The number of nitrogen functional groups attached to an aromatic ring is 1. The largest absolute Gasteiger partial charge is 0.490 e. The third-order valence-corrected chi connectivity index (χ3v) is 5.01. The standard InChI is InChI=1S/C21H21ClN4O3S/c1-2-28-19-9-14(11-24-26-20(27)10-16-13-30-21(23)25-16)7-8-18(19)29-12-15-5-3-4-6-17(15)22/h3-9,11,13H,2,10,12H2,1H3,(H2,23,25)(H,26,27)/b24-11+. The summed E-state index contributed by atoms with van der Waals surface area (Å²) >= 11 is 7.47. The van der Waals surface area contributed by atoms with E-state index in [0.717, 1.165) is 11.1 Å². The van der Waals surface area contributed by atoms with Crippen molar-refractivity contribution in [1.82, 2.24) is 10.4 Å². The Labute approximate surface area is 183 Å². The lowest BCUT2D eigenvalue weighted by molar-refractivity contribution is -0.120. The zero-order valence-electron chi connectivity index (χ0n) is 16.3. The molecule has 7 nitrogen and oxygen atoms in total. The van der Waals surface area contributed by atoms with E-state index < -0.39 is 0 Å². The summed E-state index contributed by atoms with van der Waals surface area (Å²) in [6.45, 7) is 2.70. The molecular weight excluding hydrogens is 424 g/mol. The zero-order valence-corrected chi connectivity index (χ0v) is 17.9. The lowest BCUT2D eigenvalue weighted by Gasteiger charge is -2.13. The molecule has 0 bridgehead atoms. The fourth-order valence-electron chi connectivity index (χ4n) is 2.55. The number of rotatable bonds is 9. The Kier molecular flexibility index (Phi) is 7.64. The Bertz CT molecular complexity index is 1040. The molecule has 0 fully saturated rings. The molecule has 3 aromatic rings. The lowest BCUT2D eigenvalue weighted by Crippen LogP contribution is -2.19. The molecule has 0 unspecified atom stereocenters. The van der Waals surface area contributed by atoms with Crippen molar-refractivity contribution in [2.75, 3.05) is 12.3 Å². The van der Waals surface area contributed by atoms with Crippen LogP contribution in [0.25, 0.3) is 0 Å². The van der Waals surface area contributed by atoms with Gasteiger partial charge in [-0.2, -0.15) is 5.10 Å². The summed E-state index contributed by atoms with van der Waals surface area (Å²) in [5, 5.41) is 6.81. The van der Waals surface area contributed by atoms with Crippen LogP contribution in [0.3, 0.4) is 0 Å². The average molecular weight is 445 g/mol. The van der Waals surface area contributed by atoms with Gasteiger partial charge in [-0.15, -0.1) is 11.3 Å². The van der Waals surface area contributed by atoms with Crippen molar-refractivity contribution in [3.05, 3.63) is 69.7 Å². The number of amides is 1. The minimum Gasteiger partial charge on any atom is -0.490 e. The van der Waals surface area contributed by atoms with Crippen LogP contribution < -0.4 is 20.6 Å². The highest BCUT2D eigenvalue weighted by Crippen LogP contribution is 2.29. The Morgan fingerprint density at radius 3 is 2.83 bits per heavy atom. The zero-order chi connectivity index (χ0) is 21.3. The maximum absolute atomic E-state index is 11.9. The Morgan fingerprint density at radius 1 is 1.27 bits per heavy atom. The number of hydrogen-bond donors (Lipinski definition) is 2. The van der Waals surface area contributed by atoms with Crippen LogP contribution in [0.1, 0.15) is 23.7 Å². The number of nitrogens with zero attached hydrogens (tertiary/aromatic N) is 2. The van der Waals surface area contributed by atoms with Crippen molar-refractivity contribution in [1.29, 1.82) is 0 Å². The van der Waals surface area contributed by atoms with E-state index in [2.05, 4.69) is 15.5 Å². The molecule has 9 heteroatoms.